The summed E-state index contributed by atoms with van der Waals surface area (Å²) >= 11 is 0. The summed E-state index contributed by atoms with van der Waals surface area (Å²) in [7, 11) is 0. The first kappa shape index (κ1) is 13.1. The van der Waals surface area contributed by atoms with Crippen molar-refractivity contribution in [3.05, 3.63) is 59.7 Å². The molecule has 0 aromatic heterocycles. The molecule has 2 aliphatic carbocycles. The number of nitrogens with one attached hydrogen (secondary N) is 1. The SMILES string of the molecule is CCC(CC1CC1)NC1c2ccccc2-c2ccccc21. The number of benzene rings is 2. The van der Waals surface area contributed by atoms with Crippen LogP contribution < -0.4 is 5.32 Å². The van der Waals surface area contributed by atoms with Crippen LogP contribution in [0.2, 0.25) is 0 Å². The minimum Gasteiger partial charge on any atom is -0.303 e. The Morgan fingerprint density at radius 1 is 0.952 bits per heavy atom. The third kappa shape index (κ3) is 2.40. The molecule has 2 aromatic carbocycles. The van der Waals surface area contributed by atoms with E-state index in [9.17, 15) is 0 Å². The van der Waals surface area contributed by atoms with Crippen LogP contribution in [0.25, 0.3) is 11.1 Å². The van der Waals surface area contributed by atoms with Gasteiger partial charge in [0.25, 0.3) is 0 Å². The summed E-state index contributed by atoms with van der Waals surface area (Å²) in [5.41, 5.74) is 5.72. The van der Waals surface area contributed by atoms with Crippen LogP contribution in [-0.2, 0) is 0 Å². The standard InChI is InChI=1S/C20H23N/c1-2-15(13-14-11-12-14)21-20-18-9-5-3-7-16(18)17-8-4-6-10-19(17)20/h3-10,14-15,20-21H,2,11-13H2,1H3. The average Bonchev–Trinajstić information content (AvgIpc) is 3.30. The first-order chi connectivity index (χ1) is 10.4. The Hall–Kier alpha value is -1.60. The lowest BCUT2D eigenvalue weighted by molar-refractivity contribution is 0.419. The summed E-state index contributed by atoms with van der Waals surface area (Å²) in [6.45, 7) is 2.31. The van der Waals surface area contributed by atoms with Crippen LogP contribution in [0.4, 0.5) is 0 Å². The van der Waals surface area contributed by atoms with E-state index < -0.39 is 0 Å². The fourth-order valence-corrected chi connectivity index (χ4v) is 3.68. The molecular weight excluding hydrogens is 254 g/mol. The van der Waals surface area contributed by atoms with Crippen LogP contribution in [0.15, 0.2) is 48.5 Å². The molecule has 1 atom stereocenters. The molecule has 21 heavy (non-hydrogen) atoms. The molecule has 2 aliphatic rings. The van der Waals surface area contributed by atoms with Crippen molar-refractivity contribution >= 4 is 0 Å². The van der Waals surface area contributed by atoms with E-state index in [0.29, 0.717) is 12.1 Å². The summed E-state index contributed by atoms with van der Waals surface area (Å²) in [5.74, 6) is 0.981. The van der Waals surface area contributed by atoms with Crippen LogP contribution in [0.3, 0.4) is 0 Å². The lowest BCUT2D eigenvalue weighted by atomic mass is 10.0. The molecule has 108 valence electrons. The van der Waals surface area contributed by atoms with Gasteiger partial charge >= 0.3 is 0 Å². The van der Waals surface area contributed by atoms with Gasteiger partial charge in [-0.25, -0.2) is 0 Å². The Labute approximate surface area is 127 Å². The zero-order chi connectivity index (χ0) is 14.2. The molecule has 0 bridgehead atoms. The van der Waals surface area contributed by atoms with Crippen LogP contribution in [0, 0.1) is 5.92 Å². The molecule has 1 N–H and O–H groups in total. The van der Waals surface area contributed by atoms with Crippen molar-refractivity contribution in [1.82, 2.24) is 5.32 Å². The van der Waals surface area contributed by atoms with Crippen molar-refractivity contribution in [2.75, 3.05) is 0 Å². The van der Waals surface area contributed by atoms with E-state index in [1.165, 1.54) is 47.9 Å². The molecule has 4 rings (SSSR count). The fraction of sp³-hybridized carbons (Fsp3) is 0.400. The van der Waals surface area contributed by atoms with Crippen molar-refractivity contribution in [1.29, 1.82) is 0 Å². The third-order valence-electron chi connectivity index (χ3n) is 5.04. The molecule has 1 fully saturated rings. The molecule has 0 aliphatic heterocycles. The van der Waals surface area contributed by atoms with E-state index in [2.05, 4.69) is 60.8 Å². The summed E-state index contributed by atoms with van der Waals surface area (Å²) in [6, 6.07) is 18.8. The molecule has 0 radical (unpaired) electrons. The van der Waals surface area contributed by atoms with Crippen molar-refractivity contribution in [3.63, 3.8) is 0 Å². The van der Waals surface area contributed by atoms with E-state index in [4.69, 9.17) is 0 Å². The van der Waals surface area contributed by atoms with Gasteiger partial charge in [0.1, 0.15) is 0 Å². The molecule has 0 amide bonds. The summed E-state index contributed by atoms with van der Waals surface area (Å²) in [5, 5.41) is 3.95. The van der Waals surface area contributed by atoms with E-state index in [1.54, 1.807) is 0 Å². The van der Waals surface area contributed by atoms with E-state index >= 15 is 0 Å². The Balaban J connectivity index is 1.67. The highest BCUT2D eigenvalue weighted by Crippen LogP contribution is 2.44. The number of hydrogen-bond donors (Lipinski definition) is 1. The van der Waals surface area contributed by atoms with Crippen LogP contribution in [0.1, 0.15) is 49.8 Å². The minimum absolute atomic E-state index is 0.376. The van der Waals surface area contributed by atoms with E-state index in [1.807, 2.05) is 0 Å². The maximum atomic E-state index is 3.95. The molecule has 0 heterocycles. The van der Waals surface area contributed by atoms with Crippen molar-refractivity contribution in [2.24, 2.45) is 5.92 Å². The first-order valence-electron chi connectivity index (χ1n) is 8.31. The summed E-state index contributed by atoms with van der Waals surface area (Å²) in [6.07, 6.45) is 5.45. The maximum absolute atomic E-state index is 3.95. The predicted octanol–water partition coefficient (Wildman–Crippen LogP) is 4.92. The number of hydrogen-bond acceptors (Lipinski definition) is 1. The van der Waals surface area contributed by atoms with Crippen molar-refractivity contribution < 1.29 is 0 Å². The topological polar surface area (TPSA) is 12.0 Å². The van der Waals surface area contributed by atoms with Crippen molar-refractivity contribution in [2.45, 2.75) is 44.7 Å². The predicted molar refractivity (Wildman–Crippen MR) is 88.3 cm³/mol. The molecule has 1 nitrogen and oxygen atoms in total. The molecule has 1 saturated carbocycles. The molecule has 0 spiro atoms. The van der Waals surface area contributed by atoms with Gasteiger partial charge in [-0.15, -0.1) is 0 Å². The summed E-state index contributed by atoms with van der Waals surface area (Å²) in [4.78, 5) is 0. The third-order valence-corrected chi connectivity index (χ3v) is 5.04. The monoisotopic (exact) mass is 277 g/mol. The fourth-order valence-electron chi connectivity index (χ4n) is 3.68. The van der Waals surface area contributed by atoms with Crippen LogP contribution in [0.5, 0.6) is 0 Å². The maximum Gasteiger partial charge on any atom is 0.0591 e. The van der Waals surface area contributed by atoms with Gasteiger partial charge in [-0.3, -0.25) is 0 Å². The highest BCUT2D eigenvalue weighted by atomic mass is 15.0. The van der Waals surface area contributed by atoms with Gasteiger partial charge in [0.2, 0.25) is 0 Å². The smallest absolute Gasteiger partial charge is 0.0591 e. The first-order valence-corrected chi connectivity index (χ1v) is 8.31. The lowest BCUT2D eigenvalue weighted by Gasteiger charge is -2.23. The molecule has 1 unspecified atom stereocenters. The van der Waals surface area contributed by atoms with Gasteiger partial charge in [0.15, 0.2) is 0 Å². The lowest BCUT2D eigenvalue weighted by Crippen LogP contribution is -2.32. The largest absolute Gasteiger partial charge is 0.303 e. The second-order valence-electron chi connectivity index (χ2n) is 6.56. The zero-order valence-electron chi connectivity index (χ0n) is 12.7. The van der Waals surface area contributed by atoms with E-state index in [-0.39, 0.29) is 0 Å². The Morgan fingerprint density at radius 2 is 1.52 bits per heavy atom. The van der Waals surface area contributed by atoms with Gasteiger partial charge in [0, 0.05) is 6.04 Å². The van der Waals surface area contributed by atoms with Crippen molar-refractivity contribution in [3.8, 4) is 11.1 Å². The quantitative estimate of drug-likeness (QED) is 0.817. The van der Waals surface area contributed by atoms with Gasteiger partial charge in [-0.2, -0.15) is 0 Å². The summed E-state index contributed by atoms with van der Waals surface area (Å²) < 4.78 is 0. The molecule has 2 aromatic rings. The molecule has 0 saturated heterocycles. The average molecular weight is 277 g/mol. The normalized spacial score (nSPS) is 18.3. The zero-order valence-corrected chi connectivity index (χ0v) is 12.7. The Morgan fingerprint density at radius 3 is 2.05 bits per heavy atom. The molecule has 1 heteroatoms. The Bertz CT molecular complexity index is 596. The van der Waals surface area contributed by atoms with Gasteiger partial charge < -0.3 is 5.32 Å². The number of fused-ring (bicyclic) bond motifs is 3. The number of rotatable bonds is 5. The van der Waals surface area contributed by atoms with Gasteiger partial charge in [-0.05, 0) is 41.0 Å². The second kappa shape index (κ2) is 5.31. The highest BCUT2D eigenvalue weighted by molar-refractivity contribution is 5.78. The van der Waals surface area contributed by atoms with E-state index in [0.717, 1.165) is 5.92 Å². The minimum atomic E-state index is 0.376. The van der Waals surface area contributed by atoms with Gasteiger partial charge in [0.05, 0.1) is 6.04 Å². The second-order valence-corrected chi connectivity index (χ2v) is 6.56. The van der Waals surface area contributed by atoms with Crippen LogP contribution in [-0.4, -0.2) is 6.04 Å². The van der Waals surface area contributed by atoms with Crippen LogP contribution >= 0.6 is 0 Å². The van der Waals surface area contributed by atoms with Gasteiger partial charge in [-0.1, -0.05) is 68.3 Å². The highest BCUT2D eigenvalue weighted by Gasteiger charge is 2.31. The molecular formula is C20H23N. The Kier molecular flexibility index (Phi) is 3.31.